The Bertz CT molecular complexity index is 512. The van der Waals surface area contributed by atoms with E-state index >= 15 is 0 Å². The van der Waals surface area contributed by atoms with Gasteiger partial charge in [-0.3, -0.25) is 14.4 Å². The van der Waals surface area contributed by atoms with Gasteiger partial charge < -0.3 is 25.6 Å². The monoisotopic (exact) mass is 360 g/mol. The highest BCUT2D eigenvalue weighted by Gasteiger charge is 2.26. The number of ketones is 1. The van der Waals surface area contributed by atoms with Crippen LogP contribution in [-0.2, 0) is 23.9 Å². The third kappa shape index (κ3) is 9.95. The molecule has 0 aromatic heterocycles. The number of carbonyl (C=O) groups is 5. The average Bonchev–Trinajstić information content (AvgIpc) is 2.47. The molecule has 0 aliphatic carbocycles. The molecule has 0 aliphatic heterocycles. The SMILES string of the molecule is CC(C)(C)C(=O)CCC(NC(=O)NC(CCC(=O)O)OC=O)C(=O)O. The van der Waals surface area contributed by atoms with Crippen LogP contribution in [0.2, 0.25) is 0 Å². The van der Waals surface area contributed by atoms with Crippen LogP contribution in [0, 0.1) is 5.41 Å². The third-order valence-corrected chi connectivity index (χ3v) is 3.23. The fraction of sp³-hybridized carbons (Fsp3) is 0.667. The van der Waals surface area contributed by atoms with Crippen LogP contribution in [-0.4, -0.2) is 52.7 Å². The molecule has 0 aliphatic rings. The molecular formula is C15H24N2O8. The van der Waals surface area contributed by atoms with Crippen LogP contribution in [0.15, 0.2) is 0 Å². The normalized spacial score (nSPS) is 13.2. The number of carbonyl (C=O) groups excluding carboxylic acids is 3. The zero-order valence-corrected chi connectivity index (χ0v) is 14.4. The summed E-state index contributed by atoms with van der Waals surface area (Å²) in [6, 6.07) is -2.27. The van der Waals surface area contributed by atoms with E-state index in [-0.39, 0.29) is 37.9 Å². The lowest BCUT2D eigenvalue weighted by atomic mass is 9.87. The number of hydrogen-bond acceptors (Lipinski definition) is 6. The van der Waals surface area contributed by atoms with Gasteiger partial charge in [0.2, 0.25) is 0 Å². The molecule has 25 heavy (non-hydrogen) atoms. The average molecular weight is 360 g/mol. The molecule has 0 heterocycles. The molecule has 10 nitrogen and oxygen atoms in total. The molecule has 0 spiro atoms. The summed E-state index contributed by atoms with van der Waals surface area (Å²) in [4.78, 5) is 55.8. The molecule has 0 saturated carbocycles. The summed E-state index contributed by atoms with van der Waals surface area (Å²) in [5, 5.41) is 22.0. The highest BCUT2D eigenvalue weighted by Crippen LogP contribution is 2.18. The van der Waals surface area contributed by atoms with E-state index in [0.717, 1.165) is 0 Å². The molecule has 0 rings (SSSR count). The fourth-order valence-corrected chi connectivity index (χ4v) is 1.75. The Kier molecular flexibility index (Phi) is 9.18. The summed E-state index contributed by atoms with van der Waals surface area (Å²) < 4.78 is 4.53. The summed E-state index contributed by atoms with van der Waals surface area (Å²) in [6.07, 6.45) is -1.89. The first kappa shape index (κ1) is 22.4. The number of Topliss-reactive ketones (excluding diaryl/α,β-unsaturated/α-hetero) is 1. The van der Waals surface area contributed by atoms with Gasteiger partial charge in [0.05, 0.1) is 6.42 Å². The predicted molar refractivity (Wildman–Crippen MR) is 84.6 cm³/mol. The molecule has 2 atom stereocenters. The molecule has 0 bridgehead atoms. The first-order valence-electron chi connectivity index (χ1n) is 7.61. The van der Waals surface area contributed by atoms with Crippen LogP contribution in [0.4, 0.5) is 4.79 Å². The Morgan fingerprint density at radius 1 is 1.04 bits per heavy atom. The van der Waals surface area contributed by atoms with Crippen molar-refractivity contribution in [3.05, 3.63) is 0 Å². The Hall–Kier alpha value is -2.65. The Morgan fingerprint density at radius 2 is 1.64 bits per heavy atom. The van der Waals surface area contributed by atoms with E-state index in [4.69, 9.17) is 10.2 Å². The van der Waals surface area contributed by atoms with Crippen LogP contribution >= 0.6 is 0 Å². The van der Waals surface area contributed by atoms with E-state index in [0.29, 0.717) is 0 Å². The van der Waals surface area contributed by atoms with Crippen molar-refractivity contribution in [1.82, 2.24) is 10.6 Å². The number of rotatable bonds is 11. The first-order valence-corrected chi connectivity index (χ1v) is 7.61. The van der Waals surface area contributed by atoms with E-state index in [1.165, 1.54) is 0 Å². The molecule has 142 valence electrons. The quantitative estimate of drug-likeness (QED) is 0.306. The first-order chi connectivity index (χ1) is 11.5. The van der Waals surface area contributed by atoms with Gasteiger partial charge in [0.25, 0.3) is 6.47 Å². The summed E-state index contributed by atoms with van der Waals surface area (Å²) in [5.74, 6) is -2.62. The van der Waals surface area contributed by atoms with E-state index in [9.17, 15) is 24.0 Å². The van der Waals surface area contributed by atoms with Gasteiger partial charge in [-0.1, -0.05) is 20.8 Å². The van der Waals surface area contributed by atoms with Crippen LogP contribution < -0.4 is 10.6 Å². The number of ether oxygens (including phenoxy) is 1. The minimum atomic E-state index is -1.32. The maximum absolute atomic E-state index is 11.9. The van der Waals surface area contributed by atoms with Gasteiger partial charge in [-0.25, -0.2) is 9.59 Å². The Morgan fingerprint density at radius 3 is 2.08 bits per heavy atom. The van der Waals surface area contributed by atoms with Gasteiger partial charge in [-0.15, -0.1) is 0 Å². The molecule has 2 unspecified atom stereocenters. The molecular weight excluding hydrogens is 336 g/mol. The van der Waals surface area contributed by atoms with Crippen molar-refractivity contribution in [1.29, 1.82) is 0 Å². The number of amides is 2. The van der Waals surface area contributed by atoms with E-state index in [1.54, 1.807) is 20.8 Å². The van der Waals surface area contributed by atoms with Gasteiger partial charge >= 0.3 is 18.0 Å². The second kappa shape index (κ2) is 10.3. The lowest BCUT2D eigenvalue weighted by molar-refractivity contribution is -0.141. The van der Waals surface area contributed by atoms with Crippen LogP contribution in [0.25, 0.3) is 0 Å². The second-order valence-corrected chi connectivity index (χ2v) is 6.37. The molecule has 0 aromatic rings. The smallest absolute Gasteiger partial charge is 0.326 e. The molecule has 4 N–H and O–H groups in total. The molecule has 0 aromatic carbocycles. The van der Waals surface area contributed by atoms with Crippen molar-refractivity contribution < 1.29 is 38.9 Å². The van der Waals surface area contributed by atoms with Gasteiger partial charge in [-0.2, -0.15) is 0 Å². The van der Waals surface area contributed by atoms with Crippen molar-refractivity contribution in [2.24, 2.45) is 5.41 Å². The van der Waals surface area contributed by atoms with E-state index in [1.807, 2.05) is 0 Å². The number of carboxylic acids is 2. The fourth-order valence-electron chi connectivity index (χ4n) is 1.75. The van der Waals surface area contributed by atoms with Crippen molar-refractivity contribution in [2.75, 3.05) is 0 Å². The lowest BCUT2D eigenvalue weighted by Gasteiger charge is -2.21. The van der Waals surface area contributed by atoms with E-state index < -0.39 is 35.7 Å². The number of hydrogen-bond donors (Lipinski definition) is 4. The predicted octanol–water partition coefficient (Wildman–Crippen LogP) is 0.498. The topological polar surface area (TPSA) is 159 Å². The molecule has 10 heteroatoms. The highest BCUT2D eigenvalue weighted by atomic mass is 16.5. The maximum atomic E-state index is 11.9. The van der Waals surface area contributed by atoms with Crippen LogP contribution in [0.3, 0.4) is 0 Å². The molecule has 0 fully saturated rings. The summed E-state index contributed by atoms with van der Waals surface area (Å²) in [5.41, 5.74) is -0.620. The lowest BCUT2D eigenvalue weighted by Crippen LogP contribution is -2.50. The zero-order valence-electron chi connectivity index (χ0n) is 14.4. The number of aliphatic carboxylic acids is 2. The maximum Gasteiger partial charge on any atom is 0.326 e. The molecule has 2 amide bonds. The number of nitrogens with one attached hydrogen (secondary N) is 2. The van der Waals surface area contributed by atoms with Gasteiger partial charge in [0.15, 0.2) is 6.23 Å². The summed E-state index contributed by atoms with van der Waals surface area (Å²) in [7, 11) is 0. The standard InChI is InChI=1S/C15H24N2O8/c1-15(2,3)10(19)5-4-9(13(22)23)16-14(24)17-11(25-8-18)6-7-12(20)21/h8-9,11H,4-7H2,1-3H3,(H,20,21)(H,22,23)(H2,16,17,24). The molecule has 0 radical (unpaired) electrons. The van der Waals surface area contributed by atoms with Gasteiger partial charge in [0.1, 0.15) is 11.8 Å². The molecule has 0 saturated heterocycles. The van der Waals surface area contributed by atoms with Crippen molar-refractivity contribution in [3.63, 3.8) is 0 Å². The van der Waals surface area contributed by atoms with Gasteiger partial charge in [-0.05, 0) is 6.42 Å². The van der Waals surface area contributed by atoms with Gasteiger partial charge in [0, 0.05) is 18.3 Å². The van der Waals surface area contributed by atoms with Crippen LogP contribution in [0.1, 0.15) is 46.5 Å². The van der Waals surface area contributed by atoms with E-state index in [2.05, 4.69) is 15.4 Å². The van der Waals surface area contributed by atoms with Crippen molar-refractivity contribution >= 4 is 30.2 Å². The minimum Gasteiger partial charge on any atom is -0.481 e. The highest BCUT2D eigenvalue weighted by molar-refractivity contribution is 5.86. The largest absolute Gasteiger partial charge is 0.481 e. The summed E-state index contributed by atoms with van der Waals surface area (Å²) >= 11 is 0. The Balaban J connectivity index is 4.65. The van der Waals surface area contributed by atoms with Crippen molar-refractivity contribution in [3.8, 4) is 0 Å². The number of urea groups is 1. The zero-order chi connectivity index (χ0) is 19.6. The third-order valence-electron chi connectivity index (χ3n) is 3.23. The minimum absolute atomic E-state index is 0.0337. The van der Waals surface area contributed by atoms with Crippen molar-refractivity contribution in [2.45, 2.75) is 58.7 Å². The second-order valence-electron chi connectivity index (χ2n) is 6.37. The number of carboxylic acid groups (broad SMARTS) is 2. The Labute approximate surface area is 144 Å². The van der Waals surface area contributed by atoms with Crippen LogP contribution in [0.5, 0.6) is 0 Å². The summed E-state index contributed by atoms with van der Waals surface area (Å²) in [6.45, 7) is 5.16.